The van der Waals surface area contributed by atoms with Gasteiger partial charge in [0.25, 0.3) is 5.91 Å². The second kappa shape index (κ2) is 8.43. The van der Waals surface area contributed by atoms with Crippen molar-refractivity contribution in [3.05, 3.63) is 78.0 Å². The van der Waals surface area contributed by atoms with Crippen molar-refractivity contribution in [1.29, 1.82) is 0 Å². The van der Waals surface area contributed by atoms with Gasteiger partial charge in [0.05, 0.1) is 5.69 Å². The molecule has 1 aromatic heterocycles. The molecule has 1 N–H and O–H groups in total. The van der Waals surface area contributed by atoms with Crippen LogP contribution in [0, 0.1) is 6.92 Å². The summed E-state index contributed by atoms with van der Waals surface area (Å²) in [4.78, 5) is 19.0. The Balaban J connectivity index is 1.65. The number of sulfone groups is 1. The number of nitrogens with one attached hydrogen (secondary N) is 1. The third-order valence-corrected chi connectivity index (χ3v) is 6.74. The van der Waals surface area contributed by atoms with Gasteiger partial charge in [-0.2, -0.15) is 0 Å². The van der Waals surface area contributed by atoms with E-state index in [4.69, 9.17) is 0 Å². The molecule has 164 valence electrons. The summed E-state index contributed by atoms with van der Waals surface area (Å²) in [6.07, 6.45) is 1.49. The Hall–Kier alpha value is -3.72. The molecule has 1 aliphatic heterocycles. The van der Waals surface area contributed by atoms with E-state index < -0.39 is 20.8 Å². The van der Waals surface area contributed by atoms with Gasteiger partial charge in [0.15, 0.2) is 5.82 Å². The summed E-state index contributed by atoms with van der Waals surface area (Å²) in [5.41, 5.74) is 3.52. The highest BCUT2D eigenvalue weighted by molar-refractivity contribution is 8.08. The molecular weight excluding hydrogens is 426 g/mol. The highest BCUT2D eigenvalue weighted by Crippen LogP contribution is 2.35. The van der Waals surface area contributed by atoms with Crippen LogP contribution < -0.4 is 15.2 Å². The van der Waals surface area contributed by atoms with Crippen LogP contribution in [0.25, 0.3) is 0 Å². The third kappa shape index (κ3) is 4.06. The van der Waals surface area contributed by atoms with Gasteiger partial charge in [-0.05, 0) is 48.9 Å². The fourth-order valence-corrected chi connectivity index (χ4v) is 4.60. The minimum absolute atomic E-state index is 0.0592. The van der Waals surface area contributed by atoms with Crippen molar-refractivity contribution in [2.24, 2.45) is 5.10 Å². The molecule has 0 saturated heterocycles. The lowest BCUT2D eigenvalue weighted by Crippen LogP contribution is -2.40. The fraction of sp³-hybridized carbons (Fsp3) is 0.174. The van der Waals surface area contributed by atoms with Gasteiger partial charge in [0, 0.05) is 32.5 Å². The van der Waals surface area contributed by atoms with Crippen molar-refractivity contribution >= 4 is 38.0 Å². The summed E-state index contributed by atoms with van der Waals surface area (Å²) < 4.78 is 26.3. The first-order valence-electron chi connectivity index (χ1n) is 9.97. The Kier molecular flexibility index (Phi) is 5.67. The molecule has 0 unspecified atom stereocenters. The van der Waals surface area contributed by atoms with E-state index in [1.165, 1.54) is 23.3 Å². The van der Waals surface area contributed by atoms with Gasteiger partial charge in [0.1, 0.15) is 4.90 Å². The number of benzene rings is 2. The normalized spacial score (nSPS) is 14.3. The van der Waals surface area contributed by atoms with Crippen molar-refractivity contribution in [1.82, 2.24) is 10.3 Å². The Labute approximate surface area is 187 Å². The summed E-state index contributed by atoms with van der Waals surface area (Å²) in [5, 5.41) is 7.70. The van der Waals surface area contributed by atoms with Gasteiger partial charge in [-0.25, -0.2) is 18.4 Å². The zero-order chi connectivity index (χ0) is 22.9. The van der Waals surface area contributed by atoms with E-state index in [1.807, 2.05) is 62.3 Å². The van der Waals surface area contributed by atoms with Crippen molar-refractivity contribution in [3.63, 3.8) is 0 Å². The molecule has 1 aliphatic rings. The molecule has 0 spiro atoms. The van der Waals surface area contributed by atoms with E-state index in [2.05, 4.69) is 15.4 Å². The van der Waals surface area contributed by atoms with Gasteiger partial charge in [0.2, 0.25) is 14.9 Å². The van der Waals surface area contributed by atoms with Crippen molar-refractivity contribution in [3.8, 4) is 0 Å². The second-order valence-electron chi connectivity index (χ2n) is 7.62. The third-order valence-electron chi connectivity index (χ3n) is 5.06. The van der Waals surface area contributed by atoms with Gasteiger partial charge >= 0.3 is 0 Å². The highest BCUT2D eigenvalue weighted by atomic mass is 32.2. The number of aromatic nitrogens is 1. The lowest BCUT2D eigenvalue weighted by Gasteiger charge is -2.26. The van der Waals surface area contributed by atoms with Crippen LogP contribution in [0.5, 0.6) is 0 Å². The second-order valence-corrected chi connectivity index (χ2v) is 9.46. The smallest absolute Gasteiger partial charge is 0.284 e. The van der Waals surface area contributed by atoms with Crippen molar-refractivity contribution in [2.45, 2.75) is 18.4 Å². The van der Waals surface area contributed by atoms with E-state index >= 15 is 0 Å². The minimum Gasteiger partial charge on any atom is -0.378 e. The van der Waals surface area contributed by atoms with Gasteiger partial charge in [-0.15, -0.1) is 5.10 Å². The molecule has 4 rings (SSSR count). The number of amides is 1. The number of fused-ring (bicyclic) bond motifs is 1. The number of pyridine rings is 1. The van der Waals surface area contributed by atoms with Gasteiger partial charge < -0.3 is 10.2 Å². The molecule has 9 heteroatoms. The maximum absolute atomic E-state index is 13.1. The quantitative estimate of drug-likeness (QED) is 0.643. The first-order valence-corrected chi connectivity index (χ1v) is 11.5. The minimum atomic E-state index is -4.13. The fourth-order valence-electron chi connectivity index (χ4n) is 3.25. The van der Waals surface area contributed by atoms with E-state index in [-0.39, 0.29) is 17.3 Å². The molecule has 0 bridgehead atoms. The zero-order valence-electron chi connectivity index (χ0n) is 18.0. The molecule has 8 nitrogen and oxygen atoms in total. The summed E-state index contributed by atoms with van der Waals surface area (Å²) >= 11 is 0. The SMILES string of the molecule is Cc1ccc(N2N=C(C(=O)NCc3ccc(N(C)C)cc3)S(=O)(=O)c3cccnc32)cc1. The average molecular weight is 450 g/mol. The van der Waals surface area contributed by atoms with Crippen LogP contribution in [0.4, 0.5) is 17.2 Å². The Morgan fingerprint density at radius 1 is 1.03 bits per heavy atom. The van der Waals surface area contributed by atoms with Crippen LogP contribution in [-0.4, -0.2) is 38.4 Å². The maximum Gasteiger partial charge on any atom is 0.284 e. The zero-order valence-corrected chi connectivity index (χ0v) is 18.8. The summed E-state index contributed by atoms with van der Waals surface area (Å²) in [6.45, 7) is 2.12. The lowest BCUT2D eigenvalue weighted by atomic mass is 10.2. The molecule has 0 aliphatic carbocycles. The predicted molar refractivity (Wildman–Crippen MR) is 125 cm³/mol. The summed E-state index contributed by atoms with van der Waals surface area (Å²) in [5.74, 6) is -0.611. The molecule has 0 radical (unpaired) electrons. The Morgan fingerprint density at radius 3 is 2.38 bits per heavy atom. The van der Waals surface area contributed by atoms with Crippen LogP contribution in [0.15, 0.2) is 76.9 Å². The molecule has 2 aromatic carbocycles. The molecule has 32 heavy (non-hydrogen) atoms. The molecule has 3 aromatic rings. The van der Waals surface area contributed by atoms with E-state index in [0.717, 1.165) is 16.8 Å². The molecule has 0 saturated carbocycles. The molecule has 0 fully saturated rings. The largest absolute Gasteiger partial charge is 0.378 e. The first-order chi connectivity index (χ1) is 15.3. The van der Waals surface area contributed by atoms with Gasteiger partial charge in [-0.3, -0.25) is 4.79 Å². The van der Waals surface area contributed by atoms with Crippen molar-refractivity contribution < 1.29 is 13.2 Å². The monoisotopic (exact) mass is 449 g/mol. The number of rotatable bonds is 5. The first kappa shape index (κ1) is 21.5. The van der Waals surface area contributed by atoms with E-state index in [9.17, 15) is 13.2 Å². The molecule has 1 amide bonds. The van der Waals surface area contributed by atoms with E-state index in [0.29, 0.717) is 5.69 Å². The van der Waals surface area contributed by atoms with Gasteiger partial charge in [-0.1, -0.05) is 29.8 Å². The van der Waals surface area contributed by atoms with E-state index in [1.54, 1.807) is 12.1 Å². The van der Waals surface area contributed by atoms with Crippen LogP contribution in [-0.2, 0) is 21.2 Å². The predicted octanol–water partition coefficient (Wildman–Crippen LogP) is 3.01. The average Bonchev–Trinajstić information content (AvgIpc) is 2.79. The summed E-state index contributed by atoms with van der Waals surface area (Å²) in [7, 11) is -0.247. The van der Waals surface area contributed by atoms with Crippen molar-refractivity contribution in [2.75, 3.05) is 24.0 Å². The Morgan fingerprint density at radius 2 is 1.72 bits per heavy atom. The maximum atomic E-state index is 13.1. The number of hydrogen-bond acceptors (Lipinski definition) is 7. The molecule has 0 atom stereocenters. The topological polar surface area (TPSA) is 95.0 Å². The number of anilines is 3. The number of carbonyl (C=O) groups is 1. The number of hydrogen-bond donors (Lipinski definition) is 1. The van der Waals surface area contributed by atoms with Crippen LogP contribution in [0.2, 0.25) is 0 Å². The standard InChI is InChI=1S/C23H23N5O3S/c1-16-6-10-19(11-7-16)28-21-20(5-4-14-24-21)32(30,31)23(26-28)22(29)25-15-17-8-12-18(13-9-17)27(2)3/h4-14H,15H2,1-3H3,(H,25,29). The summed E-state index contributed by atoms with van der Waals surface area (Å²) in [6, 6.07) is 17.9. The van der Waals surface area contributed by atoms with Crippen LogP contribution in [0.1, 0.15) is 11.1 Å². The number of hydrazone groups is 1. The van der Waals surface area contributed by atoms with Crippen LogP contribution >= 0.6 is 0 Å². The Bertz CT molecular complexity index is 1280. The number of aryl methyl sites for hydroxylation is 1. The highest BCUT2D eigenvalue weighted by Gasteiger charge is 2.38. The number of carbonyl (C=O) groups excluding carboxylic acids is 1. The van der Waals surface area contributed by atoms with Crippen LogP contribution in [0.3, 0.4) is 0 Å². The number of nitrogens with zero attached hydrogens (tertiary/aromatic N) is 4. The molecule has 2 heterocycles. The molecular formula is C23H23N5O3S. The lowest BCUT2D eigenvalue weighted by molar-refractivity contribution is -0.114.